The highest BCUT2D eigenvalue weighted by Gasteiger charge is 2.28. The predicted molar refractivity (Wildman–Crippen MR) is 240 cm³/mol. The molecule has 0 aliphatic carbocycles. The lowest BCUT2D eigenvalue weighted by Crippen LogP contribution is -2.46. The van der Waals surface area contributed by atoms with E-state index in [1.807, 2.05) is 21.1 Å². The molecule has 0 saturated heterocycles. The number of phosphoric ester groups is 1. The van der Waals surface area contributed by atoms with Gasteiger partial charge in [0.1, 0.15) is 13.2 Å². The van der Waals surface area contributed by atoms with Crippen molar-refractivity contribution in [2.45, 2.75) is 219 Å². The number of nitrogens with zero attached hydrogens (tertiary/aromatic N) is 1. The van der Waals surface area contributed by atoms with Crippen LogP contribution < -0.4 is 5.32 Å². The van der Waals surface area contributed by atoms with E-state index in [1.54, 1.807) is 0 Å². The number of allylic oxidation sites excluding steroid dienone is 6. The lowest BCUT2D eigenvalue weighted by Gasteiger charge is -2.26. The third kappa shape index (κ3) is 40.9. The summed E-state index contributed by atoms with van der Waals surface area (Å²) in [6.07, 6.45) is 47.3. The summed E-state index contributed by atoms with van der Waals surface area (Å²) in [5, 5.41) is 14.0. The van der Waals surface area contributed by atoms with Gasteiger partial charge in [-0.25, -0.2) is 4.57 Å². The molecule has 9 heteroatoms. The van der Waals surface area contributed by atoms with E-state index in [0.29, 0.717) is 23.9 Å². The fraction of sp³-hybridized carbons (Fsp3) is 0.851. The zero-order valence-corrected chi connectivity index (χ0v) is 38.3. The molecule has 3 unspecified atom stereocenters. The van der Waals surface area contributed by atoms with Crippen LogP contribution in [0, 0.1) is 0 Å². The molecule has 0 aromatic heterocycles. The summed E-state index contributed by atoms with van der Waals surface area (Å²) in [4.78, 5) is 23.2. The van der Waals surface area contributed by atoms with Crippen LogP contribution in [0.15, 0.2) is 36.5 Å². The van der Waals surface area contributed by atoms with Crippen LogP contribution in [0.5, 0.6) is 0 Å². The lowest BCUT2D eigenvalue weighted by molar-refractivity contribution is -0.870. The quantitative estimate of drug-likeness (QED) is 0.0245. The number of rotatable bonds is 42. The Kier molecular flexibility index (Phi) is 38.3. The van der Waals surface area contributed by atoms with E-state index in [1.165, 1.54) is 116 Å². The zero-order chi connectivity index (χ0) is 41.4. The van der Waals surface area contributed by atoms with Crippen LogP contribution in [0.2, 0.25) is 0 Å². The molecular formula is C47H92N2O6P+. The third-order valence-corrected chi connectivity index (χ3v) is 11.4. The summed E-state index contributed by atoms with van der Waals surface area (Å²) in [5.41, 5.74) is 0. The summed E-state index contributed by atoms with van der Waals surface area (Å²) in [6, 6.07) is -0.766. The molecule has 3 atom stereocenters. The maximum atomic E-state index is 12.9. The number of aliphatic hydroxyl groups is 1. The van der Waals surface area contributed by atoms with Crippen LogP contribution in [0.3, 0.4) is 0 Å². The minimum atomic E-state index is -4.32. The lowest BCUT2D eigenvalue weighted by atomic mass is 10.0. The number of hydrogen-bond donors (Lipinski definition) is 3. The van der Waals surface area contributed by atoms with Gasteiger partial charge in [-0.1, -0.05) is 185 Å². The van der Waals surface area contributed by atoms with Crippen molar-refractivity contribution in [2.75, 3.05) is 40.9 Å². The van der Waals surface area contributed by atoms with Crippen molar-refractivity contribution >= 4 is 13.7 Å². The van der Waals surface area contributed by atoms with Gasteiger partial charge in [0.05, 0.1) is 39.9 Å². The number of carbonyl (C=O) groups is 1. The van der Waals surface area contributed by atoms with Crippen molar-refractivity contribution in [2.24, 2.45) is 0 Å². The van der Waals surface area contributed by atoms with Crippen LogP contribution in [-0.2, 0) is 18.4 Å². The van der Waals surface area contributed by atoms with Crippen LogP contribution in [-0.4, -0.2) is 73.4 Å². The first kappa shape index (κ1) is 54.7. The first-order chi connectivity index (χ1) is 27.0. The van der Waals surface area contributed by atoms with Gasteiger partial charge in [0.15, 0.2) is 0 Å². The SMILES string of the molecule is CCCCC/C=C\C/C=C\C/C=C\CCCCCCCCC(=O)NC(COP(=O)(O)OCC[N+](C)(C)C)C(O)CCCCCCCCCCCCCCCCC. The smallest absolute Gasteiger partial charge is 0.391 e. The Labute approximate surface area is 347 Å². The average Bonchev–Trinajstić information content (AvgIpc) is 3.15. The second-order valence-electron chi connectivity index (χ2n) is 17.1. The standard InChI is InChI=1S/C47H91N2O6P/c1-6-8-10-12-14-16-18-20-22-23-24-25-27-29-31-33-35-37-39-41-47(51)48-45(44-55-56(52,53)54-43-42-49(3,4)5)46(50)40-38-36-34-32-30-28-26-21-19-17-15-13-11-9-7-2/h14,16,20,22,24-25,45-46,50H,6-13,15,17-19,21,23,26-44H2,1-5H3,(H-,48,51,52,53)/p+1/b16-14-,22-20-,25-24-. The fourth-order valence-corrected chi connectivity index (χ4v) is 7.38. The topological polar surface area (TPSA) is 105 Å². The number of likely N-dealkylation sites (N-methyl/N-ethyl adjacent to an activating group) is 1. The van der Waals surface area contributed by atoms with Gasteiger partial charge in [-0.2, -0.15) is 0 Å². The van der Waals surface area contributed by atoms with E-state index in [4.69, 9.17) is 9.05 Å². The molecule has 0 aliphatic rings. The molecule has 0 aromatic carbocycles. The molecule has 0 heterocycles. The Bertz CT molecular complexity index is 1010. The number of aliphatic hydroxyl groups excluding tert-OH is 1. The Balaban J connectivity index is 4.36. The summed E-state index contributed by atoms with van der Waals surface area (Å²) >= 11 is 0. The normalized spacial score (nSPS) is 14.6. The summed E-state index contributed by atoms with van der Waals surface area (Å²) in [5.74, 6) is -0.157. The highest BCUT2D eigenvalue weighted by Crippen LogP contribution is 2.43. The number of nitrogens with one attached hydrogen (secondary N) is 1. The number of unbranched alkanes of at least 4 members (excludes halogenated alkanes) is 23. The Morgan fingerprint density at radius 2 is 1.02 bits per heavy atom. The number of amides is 1. The third-order valence-electron chi connectivity index (χ3n) is 10.4. The molecule has 0 rings (SSSR count). The van der Waals surface area contributed by atoms with Gasteiger partial charge in [-0.15, -0.1) is 0 Å². The van der Waals surface area contributed by atoms with E-state index in [-0.39, 0.29) is 19.1 Å². The van der Waals surface area contributed by atoms with Crippen molar-refractivity contribution < 1.29 is 32.9 Å². The average molecular weight is 812 g/mol. The van der Waals surface area contributed by atoms with Crippen LogP contribution >= 0.6 is 7.82 Å². The molecule has 0 saturated carbocycles. The van der Waals surface area contributed by atoms with Crippen molar-refractivity contribution in [1.29, 1.82) is 0 Å². The van der Waals surface area contributed by atoms with Crippen molar-refractivity contribution in [3.05, 3.63) is 36.5 Å². The zero-order valence-electron chi connectivity index (χ0n) is 37.4. The first-order valence-corrected chi connectivity index (χ1v) is 24.8. The molecular weight excluding hydrogens is 719 g/mol. The molecule has 0 spiro atoms. The van der Waals surface area contributed by atoms with Gasteiger partial charge in [-0.3, -0.25) is 13.8 Å². The molecule has 1 amide bonds. The van der Waals surface area contributed by atoms with Gasteiger partial charge in [0.25, 0.3) is 0 Å². The largest absolute Gasteiger partial charge is 0.472 e. The highest BCUT2D eigenvalue weighted by atomic mass is 31.2. The maximum absolute atomic E-state index is 12.9. The van der Waals surface area contributed by atoms with Crippen molar-refractivity contribution in [1.82, 2.24) is 5.32 Å². The molecule has 56 heavy (non-hydrogen) atoms. The number of hydrogen-bond acceptors (Lipinski definition) is 5. The molecule has 0 aromatic rings. The van der Waals surface area contributed by atoms with E-state index in [2.05, 4.69) is 55.6 Å². The van der Waals surface area contributed by atoms with Gasteiger partial charge in [-0.05, 0) is 51.4 Å². The van der Waals surface area contributed by atoms with Gasteiger partial charge in [0.2, 0.25) is 5.91 Å². The molecule has 330 valence electrons. The Morgan fingerprint density at radius 1 is 0.607 bits per heavy atom. The summed E-state index contributed by atoms with van der Waals surface area (Å²) in [6.45, 7) is 4.85. The predicted octanol–water partition coefficient (Wildman–Crippen LogP) is 13.1. The van der Waals surface area contributed by atoms with Gasteiger partial charge >= 0.3 is 7.82 Å². The van der Waals surface area contributed by atoms with E-state index in [9.17, 15) is 19.4 Å². The Morgan fingerprint density at radius 3 is 1.52 bits per heavy atom. The minimum Gasteiger partial charge on any atom is -0.391 e. The van der Waals surface area contributed by atoms with Crippen molar-refractivity contribution in [3.63, 3.8) is 0 Å². The number of carbonyl (C=O) groups excluding carboxylic acids is 1. The van der Waals surface area contributed by atoms with Crippen LogP contribution in [0.25, 0.3) is 0 Å². The van der Waals surface area contributed by atoms with E-state index >= 15 is 0 Å². The number of quaternary nitrogens is 1. The van der Waals surface area contributed by atoms with E-state index < -0.39 is 20.0 Å². The fourth-order valence-electron chi connectivity index (χ4n) is 6.64. The number of phosphoric acid groups is 1. The minimum absolute atomic E-state index is 0.0713. The van der Waals surface area contributed by atoms with Crippen LogP contribution in [0.1, 0.15) is 206 Å². The summed E-state index contributed by atoms with van der Waals surface area (Å²) < 4.78 is 23.6. The van der Waals surface area contributed by atoms with Gasteiger partial charge < -0.3 is 19.8 Å². The molecule has 0 fully saturated rings. The van der Waals surface area contributed by atoms with Crippen molar-refractivity contribution in [3.8, 4) is 0 Å². The summed E-state index contributed by atoms with van der Waals surface area (Å²) in [7, 11) is 1.60. The highest BCUT2D eigenvalue weighted by molar-refractivity contribution is 7.47. The molecule has 3 N–H and O–H groups in total. The second-order valence-corrected chi connectivity index (χ2v) is 18.6. The molecule has 0 bridgehead atoms. The van der Waals surface area contributed by atoms with Crippen LogP contribution in [0.4, 0.5) is 0 Å². The van der Waals surface area contributed by atoms with E-state index in [0.717, 1.165) is 64.2 Å². The molecule has 8 nitrogen and oxygen atoms in total. The molecule has 0 aliphatic heterocycles. The first-order valence-electron chi connectivity index (χ1n) is 23.4. The maximum Gasteiger partial charge on any atom is 0.472 e. The van der Waals surface area contributed by atoms with Gasteiger partial charge in [0, 0.05) is 6.42 Å². The Hall–Kier alpha value is -1.28. The molecule has 0 radical (unpaired) electrons. The second kappa shape index (κ2) is 39.2. The monoisotopic (exact) mass is 812 g/mol.